The molecule has 0 spiro atoms. The Kier molecular flexibility index (Phi) is 6.00. The first kappa shape index (κ1) is 13.4. The highest BCUT2D eigenvalue weighted by molar-refractivity contribution is 5.45. The molecule has 92 valence electrons. The Labute approximate surface area is 102 Å². The van der Waals surface area contributed by atoms with Crippen LogP contribution >= 0.6 is 0 Å². The smallest absolute Gasteiger partial charge is 0.140 e. The number of nitrogens with zero attached hydrogens (tertiary/aromatic N) is 3. The van der Waals surface area contributed by atoms with Crippen LogP contribution in [0, 0.1) is 11.3 Å². The zero-order chi connectivity index (χ0) is 12.5. The van der Waals surface area contributed by atoms with Gasteiger partial charge in [0.15, 0.2) is 0 Å². The second kappa shape index (κ2) is 7.60. The van der Waals surface area contributed by atoms with E-state index >= 15 is 0 Å². The van der Waals surface area contributed by atoms with E-state index in [4.69, 9.17) is 14.7 Å². The Morgan fingerprint density at radius 1 is 1.24 bits per heavy atom. The molecule has 0 aliphatic carbocycles. The van der Waals surface area contributed by atoms with E-state index in [9.17, 15) is 0 Å². The minimum absolute atomic E-state index is 0.423. The van der Waals surface area contributed by atoms with Crippen LogP contribution < -0.4 is 4.90 Å². The number of anilines is 1. The van der Waals surface area contributed by atoms with Gasteiger partial charge in [0.1, 0.15) is 11.8 Å². The Balaban J connectivity index is 2.69. The van der Waals surface area contributed by atoms with Crippen molar-refractivity contribution in [1.29, 1.82) is 5.26 Å². The molecule has 0 N–H and O–H groups in total. The first-order chi connectivity index (χ1) is 8.31. The van der Waals surface area contributed by atoms with E-state index in [-0.39, 0.29) is 0 Å². The fourth-order valence-corrected chi connectivity index (χ4v) is 1.41. The zero-order valence-corrected chi connectivity index (χ0v) is 10.2. The normalized spacial score (nSPS) is 9.94. The fraction of sp³-hybridized carbons (Fsp3) is 0.500. The minimum Gasteiger partial charge on any atom is -0.383 e. The SMILES string of the molecule is COCCN(CCOC)c1ccc(C#N)nc1. The molecule has 0 bridgehead atoms. The van der Waals surface area contributed by atoms with Gasteiger partial charge in [0.25, 0.3) is 0 Å². The number of rotatable bonds is 7. The zero-order valence-electron chi connectivity index (χ0n) is 10.2. The molecule has 0 atom stereocenters. The van der Waals surface area contributed by atoms with Gasteiger partial charge in [-0.2, -0.15) is 5.26 Å². The molecule has 1 heterocycles. The van der Waals surface area contributed by atoms with Crippen molar-refractivity contribution in [2.45, 2.75) is 0 Å². The fourth-order valence-electron chi connectivity index (χ4n) is 1.41. The molecular weight excluding hydrogens is 218 g/mol. The summed E-state index contributed by atoms with van der Waals surface area (Å²) in [5.41, 5.74) is 1.39. The molecule has 0 aliphatic heterocycles. The van der Waals surface area contributed by atoms with E-state index in [0.717, 1.165) is 18.8 Å². The summed E-state index contributed by atoms with van der Waals surface area (Å²) in [6.07, 6.45) is 1.70. The second-order valence-electron chi connectivity index (χ2n) is 3.49. The van der Waals surface area contributed by atoms with E-state index in [1.165, 1.54) is 0 Å². The maximum atomic E-state index is 8.68. The average Bonchev–Trinajstić information content (AvgIpc) is 2.39. The van der Waals surface area contributed by atoms with Gasteiger partial charge in [0, 0.05) is 27.3 Å². The summed E-state index contributed by atoms with van der Waals surface area (Å²) < 4.78 is 10.1. The van der Waals surface area contributed by atoms with Crippen molar-refractivity contribution in [3.63, 3.8) is 0 Å². The first-order valence-corrected chi connectivity index (χ1v) is 5.40. The Hall–Kier alpha value is -1.64. The largest absolute Gasteiger partial charge is 0.383 e. The summed E-state index contributed by atoms with van der Waals surface area (Å²) in [5, 5.41) is 8.68. The van der Waals surface area contributed by atoms with Crippen molar-refractivity contribution >= 4 is 5.69 Å². The van der Waals surface area contributed by atoms with Gasteiger partial charge in [-0.3, -0.25) is 0 Å². The van der Waals surface area contributed by atoms with Crippen molar-refractivity contribution in [2.75, 3.05) is 45.4 Å². The summed E-state index contributed by atoms with van der Waals surface area (Å²) >= 11 is 0. The van der Waals surface area contributed by atoms with Crippen LogP contribution in [0.25, 0.3) is 0 Å². The van der Waals surface area contributed by atoms with E-state index in [1.807, 2.05) is 12.1 Å². The van der Waals surface area contributed by atoms with Crippen molar-refractivity contribution in [3.8, 4) is 6.07 Å². The summed E-state index contributed by atoms with van der Waals surface area (Å²) in [5.74, 6) is 0. The minimum atomic E-state index is 0.423. The van der Waals surface area contributed by atoms with Crippen LogP contribution in [0.3, 0.4) is 0 Å². The molecule has 0 radical (unpaired) electrons. The third kappa shape index (κ3) is 4.39. The third-order valence-electron chi connectivity index (χ3n) is 2.36. The van der Waals surface area contributed by atoms with Gasteiger partial charge in [0.05, 0.1) is 25.1 Å². The van der Waals surface area contributed by atoms with E-state index in [1.54, 1.807) is 26.5 Å². The monoisotopic (exact) mass is 235 g/mol. The molecule has 0 saturated heterocycles. The van der Waals surface area contributed by atoms with Crippen LogP contribution in [0.5, 0.6) is 0 Å². The number of nitriles is 1. The topological polar surface area (TPSA) is 58.4 Å². The van der Waals surface area contributed by atoms with E-state index in [2.05, 4.69) is 9.88 Å². The van der Waals surface area contributed by atoms with Crippen LogP contribution in [0.1, 0.15) is 5.69 Å². The number of ether oxygens (including phenoxy) is 2. The summed E-state index contributed by atoms with van der Waals surface area (Å²) in [6.45, 7) is 2.83. The highest BCUT2D eigenvalue weighted by atomic mass is 16.5. The van der Waals surface area contributed by atoms with Crippen LogP contribution in [-0.2, 0) is 9.47 Å². The molecule has 0 amide bonds. The number of pyridine rings is 1. The van der Waals surface area contributed by atoms with Gasteiger partial charge in [-0.1, -0.05) is 0 Å². The number of aromatic nitrogens is 1. The van der Waals surface area contributed by atoms with Crippen LogP contribution in [0.4, 0.5) is 5.69 Å². The number of hydrogen-bond acceptors (Lipinski definition) is 5. The molecule has 0 fully saturated rings. The number of methoxy groups -OCH3 is 2. The highest BCUT2D eigenvalue weighted by Crippen LogP contribution is 2.12. The van der Waals surface area contributed by atoms with Crippen LogP contribution in [0.2, 0.25) is 0 Å². The maximum absolute atomic E-state index is 8.68. The Bertz CT molecular complexity index is 351. The van der Waals surface area contributed by atoms with E-state index < -0.39 is 0 Å². The third-order valence-corrected chi connectivity index (χ3v) is 2.36. The lowest BCUT2D eigenvalue weighted by atomic mass is 10.3. The van der Waals surface area contributed by atoms with E-state index in [0.29, 0.717) is 18.9 Å². The summed E-state index contributed by atoms with van der Waals surface area (Å²) in [4.78, 5) is 6.16. The molecule has 0 aromatic carbocycles. The maximum Gasteiger partial charge on any atom is 0.140 e. The molecule has 0 saturated carbocycles. The van der Waals surface area contributed by atoms with Gasteiger partial charge < -0.3 is 14.4 Å². The van der Waals surface area contributed by atoms with Crippen molar-refractivity contribution < 1.29 is 9.47 Å². The van der Waals surface area contributed by atoms with Crippen molar-refractivity contribution in [3.05, 3.63) is 24.0 Å². The molecule has 17 heavy (non-hydrogen) atoms. The first-order valence-electron chi connectivity index (χ1n) is 5.40. The standard InChI is InChI=1S/C12H17N3O2/c1-16-7-5-15(6-8-17-2)12-4-3-11(9-13)14-10-12/h3-4,10H,5-8H2,1-2H3. The van der Waals surface area contributed by atoms with Crippen LogP contribution in [0.15, 0.2) is 18.3 Å². The lowest BCUT2D eigenvalue weighted by Crippen LogP contribution is -2.30. The predicted molar refractivity (Wildman–Crippen MR) is 64.9 cm³/mol. The molecule has 5 heteroatoms. The Morgan fingerprint density at radius 3 is 2.29 bits per heavy atom. The molecule has 1 rings (SSSR count). The van der Waals surface area contributed by atoms with Gasteiger partial charge >= 0.3 is 0 Å². The lowest BCUT2D eigenvalue weighted by Gasteiger charge is -2.23. The highest BCUT2D eigenvalue weighted by Gasteiger charge is 2.06. The van der Waals surface area contributed by atoms with Gasteiger partial charge in [-0.15, -0.1) is 0 Å². The number of hydrogen-bond donors (Lipinski definition) is 0. The van der Waals surface area contributed by atoms with Crippen molar-refractivity contribution in [1.82, 2.24) is 4.98 Å². The van der Waals surface area contributed by atoms with Gasteiger partial charge in [-0.05, 0) is 12.1 Å². The molecule has 1 aromatic rings. The average molecular weight is 235 g/mol. The second-order valence-corrected chi connectivity index (χ2v) is 3.49. The molecular formula is C12H17N3O2. The van der Waals surface area contributed by atoms with Gasteiger partial charge in [-0.25, -0.2) is 4.98 Å². The molecule has 0 aliphatic rings. The quantitative estimate of drug-likeness (QED) is 0.707. The molecule has 0 unspecified atom stereocenters. The van der Waals surface area contributed by atoms with Crippen LogP contribution in [-0.4, -0.2) is 45.5 Å². The molecule has 1 aromatic heterocycles. The van der Waals surface area contributed by atoms with Gasteiger partial charge in [0.2, 0.25) is 0 Å². The predicted octanol–water partition coefficient (Wildman–Crippen LogP) is 1.05. The summed E-state index contributed by atoms with van der Waals surface area (Å²) in [6, 6.07) is 5.60. The lowest BCUT2D eigenvalue weighted by molar-refractivity contribution is 0.190. The Morgan fingerprint density at radius 2 is 1.88 bits per heavy atom. The molecule has 5 nitrogen and oxygen atoms in total. The summed E-state index contributed by atoms with van der Waals surface area (Å²) in [7, 11) is 3.34. The van der Waals surface area contributed by atoms with Crippen molar-refractivity contribution in [2.24, 2.45) is 0 Å².